The lowest BCUT2D eigenvalue weighted by molar-refractivity contribution is 0.0601. The molecule has 5 heteroatoms. The summed E-state index contributed by atoms with van der Waals surface area (Å²) >= 11 is 0. The van der Waals surface area contributed by atoms with E-state index in [2.05, 4.69) is 16.8 Å². The van der Waals surface area contributed by atoms with Gasteiger partial charge >= 0.3 is 5.97 Å². The Bertz CT molecular complexity index is 614. The maximum absolute atomic E-state index is 11.5. The van der Waals surface area contributed by atoms with Crippen molar-refractivity contribution in [2.75, 3.05) is 24.3 Å². The maximum atomic E-state index is 11.5. The van der Waals surface area contributed by atoms with E-state index >= 15 is 0 Å². The third-order valence-electron chi connectivity index (χ3n) is 3.29. The molecule has 0 radical (unpaired) electrons. The summed E-state index contributed by atoms with van der Waals surface area (Å²) in [6, 6.07) is 9.18. The SMILES string of the molecule is CCN(Cc1ccncc1)c1ccc(C(=O)OC)cc1N. The maximum Gasteiger partial charge on any atom is 0.337 e. The predicted octanol–water partition coefficient (Wildman–Crippen LogP) is 2.48. The van der Waals surface area contributed by atoms with Gasteiger partial charge in [-0.1, -0.05) is 0 Å². The van der Waals surface area contributed by atoms with Gasteiger partial charge in [0.2, 0.25) is 0 Å². The average molecular weight is 285 g/mol. The van der Waals surface area contributed by atoms with E-state index < -0.39 is 0 Å². The van der Waals surface area contributed by atoms with Crippen LogP contribution in [0.5, 0.6) is 0 Å². The molecule has 2 rings (SSSR count). The second-order valence-electron chi connectivity index (χ2n) is 4.63. The summed E-state index contributed by atoms with van der Waals surface area (Å²) in [7, 11) is 1.36. The van der Waals surface area contributed by atoms with Crippen molar-refractivity contribution in [3.63, 3.8) is 0 Å². The van der Waals surface area contributed by atoms with Gasteiger partial charge in [-0.3, -0.25) is 4.98 Å². The molecule has 110 valence electrons. The van der Waals surface area contributed by atoms with Gasteiger partial charge in [-0.05, 0) is 42.8 Å². The number of hydrogen-bond acceptors (Lipinski definition) is 5. The number of ether oxygens (including phenoxy) is 1. The largest absolute Gasteiger partial charge is 0.465 e. The third kappa shape index (κ3) is 3.51. The number of nitrogens with zero attached hydrogens (tertiary/aromatic N) is 2. The molecule has 0 aliphatic heterocycles. The van der Waals surface area contributed by atoms with E-state index in [1.165, 1.54) is 7.11 Å². The predicted molar refractivity (Wildman–Crippen MR) is 83.2 cm³/mol. The van der Waals surface area contributed by atoms with Crippen LogP contribution in [0.2, 0.25) is 0 Å². The highest BCUT2D eigenvalue weighted by molar-refractivity contribution is 5.91. The number of nitrogens with two attached hydrogens (primary N) is 1. The molecule has 0 unspecified atom stereocenters. The molecule has 0 spiro atoms. The van der Waals surface area contributed by atoms with E-state index in [9.17, 15) is 4.79 Å². The smallest absolute Gasteiger partial charge is 0.337 e. The van der Waals surface area contributed by atoms with E-state index in [1.807, 2.05) is 18.2 Å². The summed E-state index contributed by atoms with van der Waals surface area (Å²) < 4.78 is 4.70. The molecular formula is C16H19N3O2. The first-order valence-corrected chi connectivity index (χ1v) is 6.77. The Morgan fingerprint density at radius 2 is 2.00 bits per heavy atom. The molecule has 0 fully saturated rings. The number of pyridine rings is 1. The van der Waals surface area contributed by atoms with Crippen LogP contribution < -0.4 is 10.6 Å². The van der Waals surface area contributed by atoms with Crippen LogP contribution in [-0.4, -0.2) is 24.6 Å². The zero-order valence-electron chi connectivity index (χ0n) is 12.2. The number of benzene rings is 1. The average Bonchev–Trinajstić information content (AvgIpc) is 2.53. The van der Waals surface area contributed by atoms with Crippen molar-refractivity contribution in [2.24, 2.45) is 0 Å². The molecule has 0 saturated carbocycles. The summed E-state index contributed by atoms with van der Waals surface area (Å²) in [6.07, 6.45) is 3.54. The van der Waals surface area contributed by atoms with Crippen molar-refractivity contribution in [1.82, 2.24) is 4.98 Å². The van der Waals surface area contributed by atoms with E-state index in [4.69, 9.17) is 10.5 Å². The van der Waals surface area contributed by atoms with Crippen LogP contribution in [0.25, 0.3) is 0 Å². The van der Waals surface area contributed by atoms with Crippen molar-refractivity contribution in [1.29, 1.82) is 0 Å². The summed E-state index contributed by atoms with van der Waals surface area (Å²) in [5.74, 6) is -0.384. The van der Waals surface area contributed by atoms with Crippen LogP contribution in [0, 0.1) is 0 Å². The molecule has 2 N–H and O–H groups in total. The number of hydrogen-bond donors (Lipinski definition) is 1. The lowest BCUT2D eigenvalue weighted by Gasteiger charge is -2.25. The standard InChI is InChI=1S/C16H19N3O2/c1-3-19(11-12-6-8-18-9-7-12)15-5-4-13(10-14(15)17)16(20)21-2/h4-10H,3,11,17H2,1-2H3. The molecule has 1 heterocycles. The Balaban J connectivity index is 2.24. The van der Waals surface area contributed by atoms with Crippen LogP contribution in [0.4, 0.5) is 11.4 Å². The van der Waals surface area contributed by atoms with E-state index in [1.54, 1.807) is 24.5 Å². The van der Waals surface area contributed by atoms with Crippen molar-refractivity contribution >= 4 is 17.3 Å². The minimum atomic E-state index is -0.384. The first kappa shape index (κ1) is 14.8. The first-order valence-electron chi connectivity index (χ1n) is 6.77. The number of aromatic nitrogens is 1. The summed E-state index contributed by atoms with van der Waals surface area (Å²) in [5.41, 5.74) is 9.16. The molecule has 0 aliphatic carbocycles. The molecule has 21 heavy (non-hydrogen) atoms. The molecule has 1 aromatic carbocycles. The second kappa shape index (κ2) is 6.74. The fourth-order valence-electron chi connectivity index (χ4n) is 2.16. The fourth-order valence-corrected chi connectivity index (χ4v) is 2.16. The van der Waals surface area contributed by atoms with Gasteiger partial charge in [0.25, 0.3) is 0 Å². The van der Waals surface area contributed by atoms with Crippen molar-refractivity contribution in [3.8, 4) is 0 Å². The van der Waals surface area contributed by atoms with E-state index in [0.29, 0.717) is 11.3 Å². The molecule has 0 aliphatic rings. The fraction of sp³-hybridized carbons (Fsp3) is 0.250. The van der Waals surface area contributed by atoms with E-state index in [-0.39, 0.29) is 5.97 Å². The van der Waals surface area contributed by atoms with Crippen molar-refractivity contribution in [3.05, 3.63) is 53.9 Å². The Morgan fingerprint density at radius 3 is 2.57 bits per heavy atom. The number of anilines is 2. The summed E-state index contributed by atoms with van der Waals surface area (Å²) in [5, 5.41) is 0. The zero-order valence-corrected chi connectivity index (χ0v) is 12.2. The molecule has 0 amide bonds. The van der Waals surface area contributed by atoms with E-state index in [0.717, 1.165) is 24.3 Å². The van der Waals surface area contributed by atoms with Crippen LogP contribution in [0.3, 0.4) is 0 Å². The third-order valence-corrected chi connectivity index (χ3v) is 3.29. The Hall–Kier alpha value is -2.56. The number of methoxy groups -OCH3 is 1. The lowest BCUT2D eigenvalue weighted by Crippen LogP contribution is -2.23. The molecular weight excluding hydrogens is 266 g/mol. The molecule has 5 nitrogen and oxygen atoms in total. The quantitative estimate of drug-likeness (QED) is 0.675. The van der Waals surface area contributed by atoms with Gasteiger partial charge in [0.15, 0.2) is 0 Å². The number of nitrogen functional groups attached to an aromatic ring is 1. The van der Waals surface area contributed by atoms with Gasteiger partial charge in [0, 0.05) is 25.5 Å². The lowest BCUT2D eigenvalue weighted by atomic mass is 10.1. The minimum absolute atomic E-state index is 0.384. The topological polar surface area (TPSA) is 68.5 Å². The van der Waals surface area contributed by atoms with Crippen LogP contribution >= 0.6 is 0 Å². The van der Waals surface area contributed by atoms with Gasteiger partial charge < -0.3 is 15.4 Å². The first-order chi connectivity index (χ1) is 10.2. The van der Waals surface area contributed by atoms with Gasteiger partial charge in [0.1, 0.15) is 0 Å². The Morgan fingerprint density at radius 1 is 1.29 bits per heavy atom. The van der Waals surface area contributed by atoms with Gasteiger partial charge in [-0.2, -0.15) is 0 Å². The zero-order chi connectivity index (χ0) is 15.2. The van der Waals surface area contributed by atoms with Crippen LogP contribution in [0.15, 0.2) is 42.7 Å². The normalized spacial score (nSPS) is 10.2. The molecule has 2 aromatic rings. The molecule has 0 bridgehead atoms. The number of esters is 1. The summed E-state index contributed by atoms with van der Waals surface area (Å²) in [4.78, 5) is 17.7. The number of carbonyl (C=O) groups excluding carboxylic acids is 1. The molecule has 1 aromatic heterocycles. The second-order valence-corrected chi connectivity index (χ2v) is 4.63. The monoisotopic (exact) mass is 285 g/mol. The van der Waals surface area contributed by atoms with Crippen LogP contribution in [-0.2, 0) is 11.3 Å². The van der Waals surface area contributed by atoms with Gasteiger partial charge in [-0.15, -0.1) is 0 Å². The van der Waals surface area contributed by atoms with Crippen molar-refractivity contribution < 1.29 is 9.53 Å². The highest BCUT2D eigenvalue weighted by atomic mass is 16.5. The van der Waals surface area contributed by atoms with Gasteiger partial charge in [0.05, 0.1) is 24.0 Å². The number of carbonyl (C=O) groups is 1. The van der Waals surface area contributed by atoms with Gasteiger partial charge in [-0.25, -0.2) is 4.79 Å². The van der Waals surface area contributed by atoms with Crippen LogP contribution in [0.1, 0.15) is 22.8 Å². The highest BCUT2D eigenvalue weighted by Gasteiger charge is 2.12. The number of rotatable bonds is 5. The summed E-state index contributed by atoms with van der Waals surface area (Å²) in [6.45, 7) is 3.61. The Labute approximate surface area is 124 Å². The molecule has 0 atom stereocenters. The minimum Gasteiger partial charge on any atom is -0.465 e. The van der Waals surface area contributed by atoms with Crippen molar-refractivity contribution in [2.45, 2.75) is 13.5 Å². The highest BCUT2D eigenvalue weighted by Crippen LogP contribution is 2.26. The Kier molecular flexibility index (Phi) is 4.77. The molecule has 0 saturated heterocycles.